The summed E-state index contributed by atoms with van der Waals surface area (Å²) >= 11 is 21.7. The van der Waals surface area contributed by atoms with Crippen molar-refractivity contribution >= 4 is 78.3 Å². The summed E-state index contributed by atoms with van der Waals surface area (Å²) in [5.74, 6) is -0.962. The van der Waals surface area contributed by atoms with Crippen molar-refractivity contribution in [1.29, 1.82) is 0 Å². The summed E-state index contributed by atoms with van der Waals surface area (Å²) in [6.45, 7) is 4.69. The lowest BCUT2D eigenvalue weighted by Crippen LogP contribution is -2.52. The SMILES string of the molecule is CC(C)NC(=O)[C@H](C)N(Cc1cccc(Br)c1)C(=O)CN(c1cc(Cl)c(Cl)cc1Cl)S(C)(=O)=O. The topological polar surface area (TPSA) is 86.8 Å². The number of nitrogens with zero attached hydrogens (tertiary/aromatic N) is 2. The first-order chi connectivity index (χ1) is 15.7. The predicted molar refractivity (Wildman–Crippen MR) is 141 cm³/mol. The molecule has 0 aliphatic rings. The third-order valence-electron chi connectivity index (χ3n) is 4.78. The van der Waals surface area contributed by atoms with Gasteiger partial charge in [0.05, 0.1) is 27.0 Å². The molecule has 0 aromatic heterocycles. The average molecular weight is 614 g/mol. The van der Waals surface area contributed by atoms with Gasteiger partial charge in [0.15, 0.2) is 0 Å². The summed E-state index contributed by atoms with van der Waals surface area (Å²) in [4.78, 5) is 27.6. The van der Waals surface area contributed by atoms with Gasteiger partial charge >= 0.3 is 0 Å². The molecule has 0 heterocycles. The standard InChI is InChI=1S/C22H25BrCl3N3O4S/c1-13(2)27-22(31)14(3)28(11-15-6-5-7-16(23)8-15)21(30)12-29(34(4,32)33)20-10-18(25)17(24)9-19(20)26/h5-10,13-14H,11-12H2,1-4H3,(H,27,31)/t14-/m0/s1. The van der Waals surface area contributed by atoms with Gasteiger partial charge in [-0.3, -0.25) is 13.9 Å². The molecule has 12 heteroatoms. The number of carbonyl (C=O) groups is 2. The number of benzene rings is 2. The normalized spacial score (nSPS) is 12.4. The first-order valence-corrected chi connectivity index (χ1v) is 13.9. The van der Waals surface area contributed by atoms with E-state index in [2.05, 4.69) is 21.2 Å². The summed E-state index contributed by atoms with van der Waals surface area (Å²) in [6, 6.07) is 8.84. The molecule has 2 aromatic rings. The number of carbonyl (C=O) groups excluding carboxylic acids is 2. The highest BCUT2D eigenvalue weighted by molar-refractivity contribution is 9.10. The first-order valence-electron chi connectivity index (χ1n) is 10.2. The Labute approximate surface area is 223 Å². The Balaban J connectivity index is 2.46. The zero-order valence-corrected chi connectivity index (χ0v) is 23.7. The molecule has 0 unspecified atom stereocenters. The molecule has 2 amide bonds. The number of nitrogens with one attached hydrogen (secondary N) is 1. The molecule has 0 bridgehead atoms. The number of hydrogen-bond donors (Lipinski definition) is 1. The third kappa shape index (κ3) is 7.75. The van der Waals surface area contributed by atoms with Gasteiger partial charge < -0.3 is 10.2 Å². The molecular weight excluding hydrogens is 589 g/mol. The van der Waals surface area contributed by atoms with E-state index in [0.29, 0.717) is 0 Å². The van der Waals surface area contributed by atoms with Gasteiger partial charge in [-0.2, -0.15) is 0 Å². The average Bonchev–Trinajstić information content (AvgIpc) is 2.71. The molecule has 7 nitrogen and oxygen atoms in total. The molecule has 186 valence electrons. The van der Waals surface area contributed by atoms with Gasteiger partial charge in [0.2, 0.25) is 21.8 Å². The second-order valence-corrected chi connectivity index (χ2v) is 12.0. The van der Waals surface area contributed by atoms with E-state index in [1.54, 1.807) is 13.0 Å². The number of rotatable bonds is 9. The maximum Gasteiger partial charge on any atom is 0.244 e. The Hall–Kier alpha value is -1.52. The van der Waals surface area contributed by atoms with Crippen LogP contribution in [0.5, 0.6) is 0 Å². The zero-order chi connectivity index (χ0) is 25.8. The fourth-order valence-electron chi connectivity index (χ4n) is 3.12. The summed E-state index contributed by atoms with van der Waals surface area (Å²) in [7, 11) is -3.95. The molecule has 2 rings (SSSR count). The lowest BCUT2D eigenvalue weighted by molar-refractivity contribution is -0.139. The monoisotopic (exact) mass is 611 g/mol. The van der Waals surface area contributed by atoms with E-state index in [0.717, 1.165) is 20.6 Å². The second kappa shape index (κ2) is 11.9. The van der Waals surface area contributed by atoms with Gasteiger partial charge in [-0.25, -0.2) is 8.42 Å². The fourth-order valence-corrected chi connectivity index (χ4v) is 5.11. The van der Waals surface area contributed by atoms with Crippen LogP contribution in [0.1, 0.15) is 26.3 Å². The molecule has 1 atom stereocenters. The minimum absolute atomic E-state index is 0.00797. The Morgan fingerprint density at radius 3 is 2.21 bits per heavy atom. The van der Waals surface area contributed by atoms with E-state index < -0.39 is 28.5 Å². The van der Waals surface area contributed by atoms with Crippen LogP contribution >= 0.6 is 50.7 Å². The van der Waals surface area contributed by atoms with E-state index in [9.17, 15) is 18.0 Å². The van der Waals surface area contributed by atoms with Crippen LogP contribution in [-0.4, -0.2) is 50.0 Å². The minimum Gasteiger partial charge on any atom is -0.352 e. The molecule has 0 aliphatic heterocycles. The highest BCUT2D eigenvalue weighted by atomic mass is 79.9. The van der Waals surface area contributed by atoms with Crippen molar-refractivity contribution in [1.82, 2.24) is 10.2 Å². The molecular formula is C22H25BrCl3N3O4S. The van der Waals surface area contributed by atoms with Crippen LogP contribution in [0, 0.1) is 0 Å². The molecule has 0 fully saturated rings. The van der Waals surface area contributed by atoms with Crippen LogP contribution < -0.4 is 9.62 Å². The maximum atomic E-state index is 13.5. The smallest absolute Gasteiger partial charge is 0.244 e. The molecule has 34 heavy (non-hydrogen) atoms. The van der Waals surface area contributed by atoms with Crippen LogP contribution in [0.15, 0.2) is 40.9 Å². The van der Waals surface area contributed by atoms with E-state index in [1.165, 1.54) is 17.0 Å². The molecule has 0 aliphatic carbocycles. The van der Waals surface area contributed by atoms with Crippen molar-refractivity contribution in [3.63, 3.8) is 0 Å². The molecule has 0 spiro atoms. The quantitative estimate of drug-likeness (QED) is 0.398. The number of halogens is 4. The number of amides is 2. The molecule has 2 aromatic carbocycles. The summed E-state index contributed by atoms with van der Waals surface area (Å²) in [6.07, 6.45) is 0.951. The number of sulfonamides is 1. The minimum atomic E-state index is -3.95. The lowest BCUT2D eigenvalue weighted by Gasteiger charge is -2.32. The van der Waals surface area contributed by atoms with E-state index in [1.807, 2.05) is 32.0 Å². The Morgan fingerprint density at radius 2 is 1.65 bits per heavy atom. The zero-order valence-electron chi connectivity index (χ0n) is 19.0. The third-order valence-corrected chi connectivity index (χ3v) is 7.42. The van der Waals surface area contributed by atoms with E-state index in [4.69, 9.17) is 34.8 Å². The van der Waals surface area contributed by atoms with Gasteiger partial charge in [0.1, 0.15) is 12.6 Å². The fraction of sp³-hybridized carbons (Fsp3) is 0.364. The number of hydrogen-bond acceptors (Lipinski definition) is 4. The van der Waals surface area contributed by atoms with Crippen molar-refractivity contribution < 1.29 is 18.0 Å². The Bertz CT molecular complexity index is 1180. The van der Waals surface area contributed by atoms with Gasteiger partial charge in [0, 0.05) is 17.1 Å². The molecule has 0 saturated carbocycles. The highest BCUT2D eigenvalue weighted by Gasteiger charge is 2.31. The summed E-state index contributed by atoms with van der Waals surface area (Å²) < 4.78 is 26.9. The molecule has 0 saturated heterocycles. The Kier molecular flexibility index (Phi) is 10.1. The van der Waals surface area contributed by atoms with Crippen molar-refractivity contribution in [3.05, 3.63) is 61.5 Å². The predicted octanol–water partition coefficient (Wildman–Crippen LogP) is 5.12. The van der Waals surface area contributed by atoms with Gasteiger partial charge in [-0.15, -0.1) is 0 Å². The second-order valence-electron chi connectivity index (χ2n) is 7.98. The Morgan fingerprint density at radius 1 is 1.03 bits per heavy atom. The van der Waals surface area contributed by atoms with Crippen molar-refractivity contribution in [2.24, 2.45) is 0 Å². The van der Waals surface area contributed by atoms with Crippen LogP contribution in [0.2, 0.25) is 15.1 Å². The van der Waals surface area contributed by atoms with Crippen molar-refractivity contribution in [2.45, 2.75) is 39.4 Å². The lowest BCUT2D eigenvalue weighted by atomic mass is 10.1. The molecule has 0 radical (unpaired) electrons. The van der Waals surface area contributed by atoms with E-state index in [-0.39, 0.29) is 39.2 Å². The summed E-state index contributed by atoms with van der Waals surface area (Å²) in [5.41, 5.74) is 0.763. The maximum absolute atomic E-state index is 13.5. The first kappa shape index (κ1) is 28.7. The molecule has 1 N–H and O–H groups in total. The van der Waals surface area contributed by atoms with Crippen LogP contribution in [-0.2, 0) is 26.2 Å². The van der Waals surface area contributed by atoms with Crippen molar-refractivity contribution in [2.75, 3.05) is 17.1 Å². The van der Waals surface area contributed by atoms with Gasteiger partial charge in [0.25, 0.3) is 0 Å². The van der Waals surface area contributed by atoms with Crippen LogP contribution in [0.25, 0.3) is 0 Å². The highest BCUT2D eigenvalue weighted by Crippen LogP contribution is 2.35. The van der Waals surface area contributed by atoms with E-state index >= 15 is 0 Å². The van der Waals surface area contributed by atoms with Crippen LogP contribution in [0.3, 0.4) is 0 Å². The summed E-state index contributed by atoms with van der Waals surface area (Å²) in [5, 5.41) is 3.02. The van der Waals surface area contributed by atoms with Gasteiger partial charge in [-0.05, 0) is 50.6 Å². The largest absolute Gasteiger partial charge is 0.352 e. The van der Waals surface area contributed by atoms with Gasteiger partial charge in [-0.1, -0.05) is 62.9 Å². The number of anilines is 1. The van der Waals surface area contributed by atoms with Crippen LogP contribution in [0.4, 0.5) is 5.69 Å². The van der Waals surface area contributed by atoms with Crippen molar-refractivity contribution in [3.8, 4) is 0 Å².